The Labute approximate surface area is 91.2 Å². The predicted molar refractivity (Wildman–Crippen MR) is 57.3 cm³/mol. The van der Waals surface area contributed by atoms with Crippen LogP contribution in [0.15, 0.2) is 0 Å². The lowest BCUT2D eigenvalue weighted by molar-refractivity contribution is -0.146. The normalized spacial score (nSPS) is 27.1. The van der Waals surface area contributed by atoms with Crippen LogP contribution in [0.2, 0.25) is 0 Å². The van der Waals surface area contributed by atoms with Gasteiger partial charge in [0.1, 0.15) is 6.29 Å². The largest absolute Gasteiger partial charge is 0.465 e. The van der Waals surface area contributed by atoms with E-state index < -0.39 is 0 Å². The Morgan fingerprint density at radius 3 is 2.53 bits per heavy atom. The van der Waals surface area contributed by atoms with Crippen LogP contribution in [0.3, 0.4) is 0 Å². The molecule has 0 saturated heterocycles. The Bertz CT molecular complexity index is 245. The van der Waals surface area contributed by atoms with Gasteiger partial charge in [0.05, 0.1) is 12.5 Å². The molecule has 0 heterocycles. The van der Waals surface area contributed by atoms with E-state index >= 15 is 0 Å². The maximum atomic E-state index is 11.6. The van der Waals surface area contributed by atoms with Gasteiger partial charge in [-0.25, -0.2) is 0 Å². The number of esters is 1. The van der Waals surface area contributed by atoms with Gasteiger partial charge in [-0.3, -0.25) is 4.79 Å². The van der Waals surface area contributed by atoms with Gasteiger partial charge in [0, 0.05) is 5.92 Å². The molecular formula is C12H20O3. The third kappa shape index (κ3) is 2.58. The van der Waals surface area contributed by atoms with Gasteiger partial charge in [-0.1, -0.05) is 33.6 Å². The van der Waals surface area contributed by atoms with E-state index in [0.29, 0.717) is 6.61 Å². The number of rotatable bonds is 6. The third-order valence-corrected chi connectivity index (χ3v) is 3.30. The average molecular weight is 212 g/mol. The molecule has 1 aliphatic rings. The van der Waals surface area contributed by atoms with E-state index in [4.69, 9.17) is 4.74 Å². The summed E-state index contributed by atoms with van der Waals surface area (Å²) in [7, 11) is 0. The molecule has 3 nitrogen and oxygen atoms in total. The standard InChI is InChI=1S/C12H20O3/c1-4-5-6-7-15-11(14)10-9(8-13)12(10,2)3/h8-10H,4-7H2,1-3H3. The number of ether oxygens (including phenoxy) is 1. The molecule has 3 heteroatoms. The van der Waals surface area contributed by atoms with Gasteiger partial charge < -0.3 is 9.53 Å². The molecule has 0 bridgehead atoms. The lowest BCUT2D eigenvalue weighted by Gasteiger charge is -2.04. The second-order valence-corrected chi connectivity index (χ2v) is 4.84. The summed E-state index contributed by atoms with van der Waals surface area (Å²) in [5.74, 6) is -0.555. The Morgan fingerprint density at radius 2 is 2.07 bits per heavy atom. The monoisotopic (exact) mass is 212 g/mol. The molecule has 0 aromatic heterocycles. The van der Waals surface area contributed by atoms with E-state index in [1.54, 1.807) is 0 Å². The van der Waals surface area contributed by atoms with Crippen molar-refractivity contribution in [2.24, 2.45) is 17.3 Å². The van der Waals surface area contributed by atoms with E-state index in [-0.39, 0.29) is 23.2 Å². The number of unbranched alkanes of at least 4 members (excludes halogenated alkanes) is 2. The Morgan fingerprint density at radius 1 is 1.40 bits per heavy atom. The van der Waals surface area contributed by atoms with Crippen LogP contribution in [-0.2, 0) is 14.3 Å². The van der Waals surface area contributed by atoms with Crippen molar-refractivity contribution in [3.8, 4) is 0 Å². The number of carbonyl (C=O) groups excluding carboxylic acids is 2. The molecule has 0 aromatic rings. The van der Waals surface area contributed by atoms with Crippen molar-refractivity contribution in [3.05, 3.63) is 0 Å². The molecule has 0 radical (unpaired) electrons. The second-order valence-electron chi connectivity index (χ2n) is 4.84. The van der Waals surface area contributed by atoms with E-state index in [9.17, 15) is 9.59 Å². The molecule has 1 fully saturated rings. The molecule has 2 atom stereocenters. The first-order valence-corrected chi connectivity index (χ1v) is 5.67. The van der Waals surface area contributed by atoms with Crippen molar-refractivity contribution in [2.75, 3.05) is 6.61 Å². The molecule has 2 unspecified atom stereocenters. The van der Waals surface area contributed by atoms with Gasteiger partial charge in [-0.2, -0.15) is 0 Å². The summed E-state index contributed by atoms with van der Waals surface area (Å²) in [4.78, 5) is 22.2. The van der Waals surface area contributed by atoms with Crippen LogP contribution in [0.1, 0.15) is 40.0 Å². The van der Waals surface area contributed by atoms with Gasteiger partial charge >= 0.3 is 5.97 Å². The van der Waals surface area contributed by atoms with Crippen LogP contribution in [0, 0.1) is 17.3 Å². The smallest absolute Gasteiger partial charge is 0.310 e. The molecule has 0 aliphatic heterocycles. The number of hydrogen-bond donors (Lipinski definition) is 0. The maximum Gasteiger partial charge on any atom is 0.310 e. The van der Waals surface area contributed by atoms with Gasteiger partial charge in [-0.15, -0.1) is 0 Å². The molecule has 0 aromatic carbocycles. The fourth-order valence-electron chi connectivity index (χ4n) is 2.00. The van der Waals surface area contributed by atoms with Gasteiger partial charge in [-0.05, 0) is 11.8 Å². The Balaban J connectivity index is 2.27. The maximum absolute atomic E-state index is 11.6. The summed E-state index contributed by atoms with van der Waals surface area (Å²) >= 11 is 0. The first kappa shape index (κ1) is 12.2. The zero-order chi connectivity index (χ0) is 11.5. The van der Waals surface area contributed by atoms with Gasteiger partial charge in [0.2, 0.25) is 0 Å². The van der Waals surface area contributed by atoms with Crippen molar-refractivity contribution >= 4 is 12.3 Å². The Hall–Kier alpha value is -0.860. The number of hydrogen-bond acceptors (Lipinski definition) is 3. The highest BCUT2D eigenvalue weighted by Gasteiger charge is 2.62. The molecule has 0 N–H and O–H groups in total. The molecular weight excluding hydrogens is 192 g/mol. The first-order chi connectivity index (χ1) is 7.05. The minimum Gasteiger partial charge on any atom is -0.465 e. The van der Waals surface area contributed by atoms with Crippen LogP contribution in [0.4, 0.5) is 0 Å². The van der Waals surface area contributed by atoms with E-state index in [1.807, 2.05) is 13.8 Å². The highest BCUT2D eigenvalue weighted by atomic mass is 16.5. The van der Waals surface area contributed by atoms with E-state index in [2.05, 4.69) is 6.92 Å². The van der Waals surface area contributed by atoms with E-state index in [1.165, 1.54) is 0 Å². The van der Waals surface area contributed by atoms with Crippen molar-refractivity contribution in [1.82, 2.24) is 0 Å². The summed E-state index contributed by atoms with van der Waals surface area (Å²) in [6.07, 6.45) is 3.99. The summed E-state index contributed by atoms with van der Waals surface area (Å²) in [6.45, 7) is 6.47. The third-order valence-electron chi connectivity index (χ3n) is 3.30. The van der Waals surface area contributed by atoms with E-state index in [0.717, 1.165) is 25.5 Å². The zero-order valence-electron chi connectivity index (χ0n) is 9.79. The van der Waals surface area contributed by atoms with Crippen LogP contribution in [0.5, 0.6) is 0 Å². The summed E-state index contributed by atoms with van der Waals surface area (Å²) in [5.41, 5.74) is -0.191. The molecule has 1 aliphatic carbocycles. The van der Waals surface area contributed by atoms with Crippen LogP contribution in [0.25, 0.3) is 0 Å². The molecule has 15 heavy (non-hydrogen) atoms. The first-order valence-electron chi connectivity index (χ1n) is 5.67. The van der Waals surface area contributed by atoms with Gasteiger partial charge in [0.25, 0.3) is 0 Å². The highest BCUT2D eigenvalue weighted by molar-refractivity contribution is 5.84. The second kappa shape index (κ2) is 4.77. The summed E-state index contributed by atoms with van der Waals surface area (Å²) < 4.78 is 5.14. The van der Waals surface area contributed by atoms with Crippen molar-refractivity contribution in [2.45, 2.75) is 40.0 Å². The molecule has 86 valence electrons. The molecule has 0 spiro atoms. The number of aldehydes is 1. The predicted octanol–water partition coefficient (Wildman–Crippen LogP) is 2.19. The lowest BCUT2D eigenvalue weighted by atomic mass is 10.1. The SMILES string of the molecule is CCCCCOC(=O)C1C(C=O)C1(C)C. The topological polar surface area (TPSA) is 43.4 Å². The fourth-order valence-corrected chi connectivity index (χ4v) is 2.00. The fraction of sp³-hybridized carbons (Fsp3) is 0.833. The summed E-state index contributed by atoms with van der Waals surface area (Å²) in [6, 6.07) is 0. The van der Waals surface area contributed by atoms with Crippen molar-refractivity contribution < 1.29 is 14.3 Å². The minimum absolute atomic E-state index is 0.142. The lowest BCUT2D eigenvalue weighted by Crippen LogP contribution is -2.11. The quantitative estimate of drug-likeness (QED) is 0.385. The Kier molecular flexibility index (Phi) is 3.89. The molecule has 1 rings (SSSR count). The number of carbonyl (C=O) groups is 2. The summed E-state index contributed by atoms with van der Waals surface area (Å²) in [5, 5.41) is 0. The van der Waals surface area contributed by atoms with Crippen molar-refractivity contribution in [3.63, 3.8) is 0 Å². The average Bonchev–Trinajstić information content (AvgIpc) is 2.75. The minimum atomic E-state index is -0.211. The van der Waals surface area contributed by atoms with Crippen LogP contribution in [-0.4, -0.2) is 18.9 Å². The molecule has 0 amide bonds. The highest BCUT2D eigenvalue weighted by Crippen LogP contribution is 2.57. The van der Waals surface area contributed by atoms with Crippen LogP contribution < -0.4 is 0 Å². The van der Waals surface area contributed by atoms with Crippen molar-refractivity contribution in [1.29, 1.82) is 0 Å². The van der Waals surface area contributed by atoms with Gasteiger partial charge in [0.15, 0.2) is 0 Å². The zero-order valence-corrected chi connectivity index (χ0v) is 9.79. The van der Waals surface area contributed by atoms with Crippen LogP contribution >= 0.6 is 0 Å². The molecule has 1 saturated carbocycles.